The number of halogens is 1. The van der Waals surface area contributed by atoms with Gasteiger partial charge in [0.15, 0.2) is 6.61 Å². The van der Waals surface area contributed by atoms with E-state index in [0.717, 1.165) is 11.6 Å². The van der Waals surface area contributed by atoms with Gasteiger partial charge < -0.3 is 15.0 Å². The van der Waals surface area contributed by atoms with Gasteiger partial charge in [-0.05, 0) is 30.2 Å². The number of benzene rings is 2. The van der Waals surface area contributed by atoms with Gasteiger partial charge >= 0.3 is 5.97 Å². The fraction of sp³-hybridized carbons (Fsp3) is 0.263. The van der Waals surface area contributed by atoms with E-state index in [2.05, 4.69) is 5.32 Å². The predicted octanol–water partition coefficient (Wildman–Crippen LogP) is 2.83. The Bertz CT molecular complexity index is 886. The lowest BCUT2D eigenvalue weighted by molar-refractivity contribution is -0.384. The van der Waals surface area contributed by atoms with Crippen LogP contribution in [0.2, 0.25) is 5.02 Å². The third kappa shape index (κ3) is 5.95. The third-order valence-corrected chi connectivity index (χ3v) is 4.09. The topological polar surface area (TPSA) is 102 Å². The molecule has 0 atom stereocenters. The van der Waals surface area contributed by atoms with Crippen molar-refractivity contribution in [2.75, 3.05) is 32.1 Å². The SMILES string of the molecule is CN(C)c1ccc([N+](=O)[O-])cc1C(=O)OCC(=O)NCCc1cccc(Cl)c1. The van der Waals surface area contributed by atoms with Crippen LogP contribution in [0.15, 0.2) is 42.5 Å². The highest BCUT2D eigenvalue weighted by molar-refractivity contribution is 6.30. The molecular formula is C19H20ClN3O5. The zero-order chi connectivity index (χ0) is 20.7. The van der Waals surface area contributed by atoms with Crippen molar-refractivity contribution in [2.45, 2.75) is 6.42 Å². The lowest BCUT2D eigenvalue weighted by atomic mass is 10.1. The van der Waals surface area contributed by atoms with Crippen LogP contribution in [-0.2, 0) is 16.0 Å². The fourth-order valence-corrected chi connectivity index (χ4v) is 2.70. The first-order valence-corrected chi connectivity index (χ1v) is 8.79. The maximum atomic E-state index is 12.3. The number of ether oxygens (including phenoxy) is 1. The van der Waals surface area contributed by atoms with Crippen LogP contribution in [0.4, 0.5) is 11.4 Å². The summed E-state index contributed by atoms with van der Waals surface area (Å²) in [4.78, 5) is 36.2. The van der Waals surface area contributed by atoms with E-state index >= 15 is 0 Å². The number of nitrogens with one attached hydrogen (secondary N) is 1. The Morgan fingerprint density at radius 2 is 1.96 bits per heavy atom. The van der Waals surface area contributed by atoms with Gasteiger partial charge in [-0.25, -0.2) is 4.79 Å². The van der Waals surface area contributed by atoms with Crippen molar-refractivity contribution >= 4 is 34.9 Å². The minimum absolute atomic E-state index is 0.0194. The molecule has 0 spiro atoms. The summed E-state index contributed by atoms with van der Waals surface area (Å²) in [6.07, 6.45) is 0.579. The highest BCUT2D eigenvalue weighted by Crippen LogP contribution is 2.24. The molecule has 148 valence electrons. The van der Waals surface area contributed by atoms with E-state index in [1.54, 1.807) is 31.1 Å². The summed E-state index contributed by atoms with van der Waals surface area (Å²) in [5.74, 6) is -1.27. The zero-order valence-electron chi connectivity index (χ0n) is 15.5. The molecule has 0 radical (unpaired) electrons. The van der Waals surface area contributed by atoms with Crippen LogP contribution in [0.5, 0.6) is 0 Å². The Morgan fingerprint density at radius 1 is 1.21 bits per heavy atom. The monoisotopic (exact) mass is 405 g/mol. The van der Waals surface area contributed by atoms with E-state index in [-0.39, 0.29) is 11.3 Å². The van der Waals surface area contributed by atoms with Gasteiger partial charge in [-0.1, -0.05) is 23.7 Å². The molecule has 0 aliphatic rings. The minimum Gasteiger partial charge on any atom is -0.452 e. The van der Waals surface area contributed by atoms with Gasteiger partial charge in [0, 0.05) is 37.8 Å². The van der Waals surface area contributed by atoms with Crippen LogP contribution >= 0.6 is 11.6 Å². The first-order chi connectivity index (χ1) is 13.3. The third-order valence-electron chi connectivity index (χ3n) is 3.85. The Labute approximate surface area is 167 Å². The molecule has 0 aliphatic carbocycles. The molecule has 0 unspecified atom stereocenters. The predicted molar refractivity (Wildman–Crippen MR) is 106 cm³/mol. The molecule has 28 heavy (non-hydrogen) atoms. The molecular weight excluding hydrogens is 386 g/mol. The molecule has 9 heteroatoms. The van der Waals surface area contributed by atoms with Crippen LogP contribution in [-0.4, -0.2) is 44.0 Å². The van der Waals surface area contributed by atoms with E-state index < -0.39 is 23.4 Å². The van der Waals surface area contributed by atoms with Crippen molar-refractivity contribution in [1.82, 2.24) is 5.32 Å². The number of nitro groups is 1. The molecule has 0 bridgehead atoms. The molecule has 2 aromatic rings. The normalized spacial score (nSPS) is 10.2. The van der Waals surface area contributed by atoms with Crippen LogP contribution in [0, 0.1) is 10.1 Å². The first-order valence-electron chi connectivity index (χ1n) is 8.42. The number of hydrogen-bond acceptors (Lipinski definition) is 6. The average molecular weight is 406 g/mol. The molecule has 0 heterocycles. The summed E-state index contributed by atoms with van der Waals surface area (Å²) in [5, 5.41) is 14.2. The maximum absolute atomic E-state index is 12.3. The fourth-order valence-electron chi connectivity index (χ4n) is 2.49. The van der Waals surface area contributed by atoms with Crippen molar-refractivity contribution in [1.29, 1.82) is 0 Å². The van der Waals surface area contributed by atoms with Crippen LogP contribution in [0.3, 0.4) is 0 Å². The van der Waals surface area contributed by atoms with Crippen molar-refractivity contribution in [2.24, 2.45) is 0 Å². The second-order valence-corrected chi connectivity index (χ2v) is 6.60. The Balaban J connectivity index is 1.91. The van der Waals surface area contributed by atoms with Crippen molar-refractivity contribution in [3.63, 3.8) is 0 Å². The van der Waals surface area contributed by atoms with Gasteiger partial charge in [0.2, 0.25) is 0 Å². The summed E-state index contributed by atoms with van der Waals surface area (Å²) in [7, 11) is 3.39. The van der Waals surface area contributed by atoms with Gasteiger partial charge in [-0.15, -0.1) is 0 Å². The van der Waals surface area contributed by atoms with Gasteiger partial charge in [0.1, 0.15) is 0 Å². The molecule has 0 saturated heterocycles. The van der Waals surface area contributed by atoms with E-state index in [0.29, 0.717) is 23.7 Å². The first kappa shape index (κ1) is 21.2. The van der Waals surface area contributed by atoms with Crippen molar-refractivity contribution < 1.29 is 19.2 Å². The number of non-ortho nitro benzene ring substituents is 1. The van der Waals surface area contributed by atoms with Gasteiger partial charge in [-0.3, -0.25) is 14.9 Å². The molecule has 2 aromatic carbocycles. The molecule has 0 fully saturated rings. The summed E-state index contributed by atoms with van der Waals surface area (Å²) in [6.45, 7) is -0.125. The zero-order valence-corrected chi connectivity index (χ0v) is 16.2. The summed E-state index contributed by atoms with van der Waals surface area (Å²) in [6, 6.07) is 11.2. The summed E-state index contributed by atoms with van der Waals surface area (Å²) in [5.41, 5.74) is 1.21. The number of anilines is 1. The standard InChI is InChI=1S/C19H20ClN3O5/c1-22(2)17-7-6-15(23(26)27)11-16(17)19(25)28-12-18(24)21-9-8-13-4-3-5-14(20)10-13/h3-7,10-11H,8-9,12H2,1-2H3,(H,21,24). The molecule has 0 aliphatic heterocycles. The smallest absolute Gasteiger partial charge is 0.341 e. The van der Waals surface area contributed by atoms with Gasteiger partial charge in [-0.2, -0.15) is 0 Å². The minimum atomic E-state index is -0.808. The van der Waals surface area contributed by atoms with E-state index in [1.807, 2.05) is 12.1 Å². The maximum Gasteiger partial charge on any atom is 0.341 e. The van der Waals surface area contributed by atoms with Crippen LogP contribution < -0.4 is 10.2 Å². The van der Waals surface area contributed by atoms with E-state index in [9.17, 15) is 19.7 Å². The quantitative estimate of drug-likeness (QED) is 0.411. The second kappa shape index (κ2) is 9.70. The highest BCUT2D eigenvalue weighted by Gasteiger charge is 2.20. The van der Waals surface area contributed by atoms with E-state index in [4.69, 9.17) is 16.3 Å². The molecule has 8 nitrogen and oxygen atoms in total. The lowest BCUT2D eigenvalue weighted by Gasteiger charge is -2.16. The number of hydrogen-bond donors (Lipinski definition) is 1. The molecule has 2 rings (SSSR count). The molecule has 0 saturated carbocycles. The number of carbonyl (C=O) groups is 2. The Kier molecular flexibility index (Phi) is 7.34. The molecule has 1 N–H and O–H groups in total. The highest BCUT2D eigenvalue weighted by atomic mass is 35.5. The number of rotatable bonds is 8. The summed E-state index contributed by atoms with van der Waals surface area (Å²) >= 11 is 5.90. The number of nitro benzene ring substituents is 1. The average Bonchev–Trinajstić information content (AvgIpc) is 2.65. The Morgan fingerprint density at radius 3 is 2.61 bits per heavy atom. The number of carbonyl (C=O) groups excluding carboxylic acids is 2. The van der Waals surface area contributed by atoms with Crippen LogP contribution in [0.25, 0.3) is 0 Å². The number of esters is 1. The Hall–Kier alpha value is -3.13. The van der Waals surface area contributed by atoms with Crippen molar-refractivity contribution in [3.8, 4) is 0 Å². The second-order valence-electron chi connectivity index (χ2n) is 6.16. The van der Waals surface area contributed by atoms with Gasteiger partial charge in [0.25, 0.3) is 11.6 Å². The lowest BCUT2D eigenvalue weighted by Crippen LogP contribution is -2.30. The number of nitrogens with zero attached hydrogens (tertiary/aromatic N) is 2. The molecule has 1 amide bonds. The molecule has 0 aromatic heterocycles. The largest absolute Gasteiger partial charge is 0.452 e. The van der Waals surface area contributed by atoms with Crippen LogP contribution in [0.1, 0.15) is 15.9 Å². The van der Waals surface area contributed by atoms with Crippen molar-refractivity contribution in [3.05, 3.63) is 68.7 Å². The number of amides is 1. The summed E-state index contributed by atoms with van der Waals surface area (Å²) < 4.78 is 5.02. The van der Waals surface area contributed by atoms with E-state index in [1.165, 1.54) is 12.1 Å². The van der Waals surface area contributed by atoms with Gasteiger partial charge in [0.05, 0.1) is 16.2 Å².